The molecule has 3 nitrogen and oxygen atoms in total. The van der Waals surface area contributed by atoms with Gasteiger partial charge in [0.15, 0.2) is 0 Å². The summed E-state index contributed by atoms with van der Waals surface area (Å²) < 4.78 is 0. The molecule has 1 aliphatic carbocycles. The molecule has 0 unspecified atom stereocenters. The van der Waals surface area contributed by atoms with Crippen LogP contribution in [0.5, 0.6) is 0 Å². The Balaban J connectivity index is 1.43. The van der Waals surface area contributed by atoms with Gasteiger partial charge in [0.25, 0.3) is 5.91 Å². The van der Waals surface area contributed by atoms with Crippen molar-refractivity contribution in [1.29, 1.82) is 0 Å². The van der Waals surface area contributed by atoms with Crippen LogP contribution in [-0.4, -0.2) is 17.4 Å². The summed E-state index contributed by atoms with van der Waals surface area (Å²) in [6.45, 7) is 0.695. The average Bonchev–Trinajstić information content (AvgIpc) is 3.03. The molecule has 1 fully saturated rings. The molecule has 1 saturated carbocycles. The van der Waals surface area contributed by atoms with Crippen LogP contribution in [0.4, 0.5) is 0 Å². The highest BCUT2D eigenvalue weighted by Gasteiger charge is 2.44. The first-order valence-corrected chi connectivity index (χ1v) is 9.41. The van der Waals surface area contributed by atoms with Crippen molar-refractivity contribution in [3.63, 3.8) is 0 Å². The molecule has 0 atom stereocenters. The molecule has 0 radical (unpaired) electrons. The number of hydrogen-bond acceptors (Lipinski definition) is 4. The topological polar surface area (TPSA) is 42.0 Å². The first kappa shape index (κ1) is 14.6. The molecule has 1 amide bonds. The van der Waals surface area contributed by atoms with Crippen LogP contribution in [0.3, 0.4) is 0 Å². The van der Waals surface area contributed by atoms with Crippen LogP contribution >= 0.6 is 22.7 Å². The zero-order chi connectivity index (χ0) is 15.7. The Hall–Kier alpha value is -1.98. The number of nitrogens with zero attached hydrogens (tertiary/aromatic N) is 1. The zero-order valence-electron chi connectivity index (χ0n) is 12.5. The minimum Gasteiger partial charge on any atom is -0.350 e. The van der Waals surface area contributed by atoms with Crippen molar-refractivity contribution in [2.75, 3.05) is 6.54 Å². The summed E-state index contributed by atoms with van der Waals surface area (Å²) in [5, 5.41) is 10.1. The van der Waals surface area contributed by atoms with Crippen LogP contribution in [0.25, 0.3) is 10.6 Å². The molecule has 0 spiro atoms. The van der Waals surface area contributed by atoms with E-state index in [0.29, 0.717) is 12.2 Å². The van der Waals surface area contributed by atoms with Crippen molar-refractivity contribution < 1.29 is 4.79 Å². The summed E-state index contributed by atoms with van der Waals surface area (Å²) in [5.74, 6) is -0.0788. The highest BCUT2D eigenvalue weighted by Crippen LogP contribution is 2.48. The number of aromatic nitrogens is 1. The molecule has 23 heavy (non-hydrogen) atoms. The van der Waals surface area contributed by atoms with Crippen LogP contribution in [-0.2, 0) is 5.41 Å². The predicted octanol–water partition coefficient (Wildman–Crippen LogP) is 4.33. The van der Waals surface area contributed by atoms with Gasteiger partial charge in [0.1, 0.15) is 10.7 Å². The Labute approximate surface area is 143 Å². The smallest absolute Gasteiger partial charge is 0.270 e. The van der Waals surface area contributed by atoms with Crippen molar-refractivity contribution >= 4 is 28.6 Å². The fourth-order valence-electron chi connectivity index (χ4n) is 2.72. The molecule has 3 aromatic rings. The zero-order valence-corrected chi connectivity index (χ0v) is 14.1. The van der Waals surface area contributed by atoms with E-state index in [4.69, 9.17) is 0 Å². The minimum atomic E-state index is -0.0788. The number of carbonyl (C=O) groups excluding carboxylic acids is 1. The molecule has 2 aromatic heterocycles. The summed E-state index contributed by atoms with van der Waals surface area (Å²) in [6.07, 6.45) is 2.30. The SMILES string of the molecule is O=C(NCC1(c2ccsc2)CC1)c1csc(-c2ccccc2)n1. The van der Waals surface area contributed by atoms with Gasteiger partial charge in [-0.1, -0.05) is 30.3 Å². The van der Waals surface area contributed by atoms with Gasteiger partial charge >= 0.3 is 0 Å². The normalized spacial score (nSPS) is 15.3. The van der Waals surface area contributed by atoms with E-state index in [1.54, 1.807) is 11.3 Å². The molecule has 1 aliphatic rings. The molecule has 1 aromatic carbocycles. The average molecular weight is 340 g/mol. The van der Waals surface area contributed by atoms with E-state index in [1.165, 1.54) is 16.9 Å². The molecule has 116 valence electrons. The number of amides is 1. The first-order chi connectivity index (χ1) is 11.3. The largest absolute Gasteiger partial charge is 0.350 e. The second-order valence-electron chi connectivity index (χ2n) is 5.88. The molecular weight excluding hydrogens is 324 g/mol. The standard InChI is InChI=1S/C18H16N2OS2/c21-16(19-12-18(7-8-18)14-6-9-22-10-14)15-11-23-17(20-15)13-4-2-1-3-5-13/h1-6,9-11H,7-8,12H2,(H,19,21). The van der Waals surface area contributed by atoms with Crippen LogP contribution < -0.4 is 5.32 Å². The number of benzene rings is 1. The lowest BCUT2D eigenvalue weighted by Crippen LogP contribution is -2.32. The number of hydrogen-bond donors (Lipinski definition) is 1. The predicted molar refractivity (Wildman–Crippen MR) is 95.1 cm³/mol. The third kappa shape index (κ3) is 2.94. The van der Waals surface area contributed by atoms with E-state index in [0.717, 1.165) is 23.4 Å². The molecule has 1 N–H and O–H groups in total. The number of carbonyl (C=O) groups is 1. The third-order valence-corrected chi connectivity index (χ3v) is 5.91. The lowest BCUT2D eigenvalue weighted by molar-refractivity contribution is 0.0945. The summed E-state index contributed by atoms with van der Waals surface area (Å²) in [7, 11) is 0. The quantitative estimate of drug-likeness (QED) is 0.751. The van der Waals surface area contributed by atoms with Gasteiger partial charge in [0.05, 0.1) is 0 Å². The molecule has 0 saturated heterocycles. The highest BCUT2D eigenvalue weighted by atomic mass is 32.1. The summed E-state index contributed by atoms with van der Waals surface area (Å²) in [5.41, 5.74) is 3.07. The Bertz CT molecular complexity index is 805. The maximum atomic E-state index is 12.4. The van der Waals surface area contributed by atoms with Crippen LogP contribution in [0.1, 0.15) is 28.9 Å². The van der Waals surface area contributed by atoms with Crippen LogP contribution in [0, 0.1) is 0 Å². The lowest BCUT2D eigenvalue weighted by Gasteiger charge is -2.14. The second kappa shape index (κ2) is 5.91. The molecular formula is C18H16N2OS2. The van der Waals surface area contributed by atoms with E-state index in [1.807, 2.05) is 35.7 Å². The van der Waals surface area contributed by atoms with Crippen molar-refractivity contribution in [2.24, 2.45) is 0 Å². The van der Waals surface area contributed by atoms with Crippen LogP contribution in [0.2, 0.25) is 0 Å². The Morgan fingerprint density at radius 3 is 2.70 bits per heavy atom. The van der Waals surface area contributed by atoms with E-state index in [9.17, 15) is 4.79 Å². The van der Waals surface area contributed by atoms with E-state index < -0.39 is 0 Å². The molecule has 2 heterocycles. The molecule has 0 bridgehead atoms. The Kier molecular flexibility index (Phi) is 3.75. The van der Waals surface area contributed by atoms with E-state index >= 15 is 0 Å². The number of thiophene rings is 1. The van der Waals surface area contributed by atoms with E-state index in [-0.39, 0.29) is 11.3 Å². The lowest BCUT2D eigenvalue weighted by atomic mass is 9.99. The Morgan fingerprint density at radius 1 is 1.17 bits per heavy atom. The van der Waals surface area contributed by atoms with Crippen molar-refractivity contribution in [2.45, 2.75) is 18.3 Å². The van der Waals surface area contributed by atoms with Gasteiger partial charge in [-0.05, 0) is 35.2 Å². The fourth-order valence-corrected chi connectivity index (χ4v) is 4.30. The maximum Gasteiger partial charge on any atom is 0.270 e. The number of nitrogens with one attached hydrogen (secondary N) is 1. The molecule has 5 heteroatoms. The second-order valence-corrected chi connectivity index (χ2v) is 7.52. The monoisotopic (exact) mass is 340 g/mol. The third-order valence-electron chi connectivity index (χ3n) is 4.33. The first-order valence-electron chi connectivity index (χ1n) is 7.59. The van der Waals surface area contributed by atoms with Gasteiger partial charge in [-0.3, -0.25) is 4.79 Å². The summed E-state index contributed by atoms with van der Waals surface area (Å²) in [6, 6.07) is 12.1. The highest BCUT2D eigenvalue weighted by molar-refractivity contribution is 7.13. The molecule has 4 rings (SSSR count). The molecule has 0 aliphatic heterocycles. The van der Waals surface area contributed by atoms with Gasteiger partial charge in [-0.2, -0.15) is 11.3 Å². The summed E-state index contributed by atoms with van der Waals surface area (Å²) in [4.78, 5) is 16.8. The minimum absolute atomic E-state index is 0.0788. The van der Waals surface area contributed by atoms with Gasteiger partial charge in [0, 0.05) is 22.9 Å². The fraction of sp³-hybridized carbons (Fsp3) is 0.222. The van der Waals surface area contributed by atoms with Gasteiger partial charge in [-0.25, -0.2) is 4.98 Å². The van der Waals surface area contributed by atoms with Crippen molar-refractivity contribution in [1.82, 2.24) is 10.3 Å². The van der Waals surface area contributed by atoms with Gasteiger partial charge < -0.3 is 5.32 Å². The van der Waals surface area contributed by atoms with Gasteiger partial charge in [-0.15, -0.1) is 11.3 Å². The van der Waals surface area contributed by atoms with Crippen molar-refractivity contribution in [3.8, 4) is 10.6 Å². The maximum absolute atomic E-state index is 12.4. The van der Waals surface area contributed by atoms with Gasteiger partial charge in [0.2, 0.25) is 0 Å². The summed E-state index contributed by atoms with van der Waals surface area (Å²) >= 11 is 3.22. The number of rotatable bonds is 5. The van der Waals surface area contributed by atoms with Crippen molar-refractivity contribution in [3.05, 3.63) is 63.8 Å². The number of thiazole rings is 1. The van der Waals surface area contributed by atoms with Crippen LogP contribution in [0.15, 0.2) is 52.5 Å². The Morgan fingerprint density at radius 2 is 2.00 bits per heavy atom. The van der Waals surface area contributed by atoms with E-state index in [2.05, 4.69) is 27.1 Å².